The zero-order valence-electron chi connectivity index (χ0n) is 26.3. The van der Waals surface area contributed by atoms with E-state index in [-0.39, 0.29) is 5.56 Å². The molecule has 9 aromatic carbocycles. The van der Waals surface area contributed by atoms with Crippen LogP contribution in [0.15, 0.2) is 132 Å². The van der Waals surface area contributed by atoms with Crippen LogP contribution >= 0.6 is 0 Å². The molecule has 6 nitrogen and oxygen atoms in total. The van der Waals surface area contributed by atoms with Gasteiger partial charge < -0.3 is 29.9 Å². The number of rotatable bonds is 3. The fourth-order valence-electron chi connectivity index (χ4n) is 7.94. The van der Waals surface area contributed by atoms with Crippen molar-refractivity contribution in [2.24, 2.45) is 0 Å². The molecule has 10 rings (SSSR count). The molecule has 5 N–H and O–H groups in total. The van der Waals surface area contributed by atoms with E-state index < -0.39 is 28.7 Å². The SMILES string of the molecule is Oc1c(O)c(O)c(-c2ccc3ccc4c(-c5cccc6oc7c(-c8cccc9ccccc89)cccc7c56)ccc5ccc2c3c54)c(O)c1O. The Balaban J connectivity index is 1.25. The molecule has 50 heavy (non-hydrogen) atoms. The minimum absolute atomic E-state index is 0.174. The largest absolute Gasteiger partial charge is 0.504 e. The summed E-state index contributed by atoms with van der Waals surface area (Å²) in [7, 11) is 0. The Morgan fingerprint density at radius 1 is 0.320 bits per heavy atom. The highest BCUT2D eigenvalue weighted by Crippen LogP contribution is 2.56. The van der Waals surface area contributed by atoms with E-state index in [4.69, 9.17) is 4.42 Å². The Bertz CT molecular complexity index is 3010. The molecule has 0 aliphatic heterocycles. The Morgan fingerprint density at radius 3 is 1.60 bits per heavy atom. The first-order chi connectivity index (χ1) is 24.4. The predicted molar refractivity (Wildman–Crippen MR) is 200 cm³/mol. The number of hydrogen-bond donors (Lipinski definition) is 5. The van der Waals surface area contributed by atoms with Crippen LogP contribution in [0.25, 0.3) is 98.4 Å². The van der Waals surface area contributed by atoms with Gasteiger partial charge in [-0.15, -0.1) is 0 Å². The summed E-state index contributed by atoms with van der Waals surface area (Å²) in [4.78, 5) is 0. The van der Waals surface area contributed by atoms with Gasteiger partial charge in [0.1, 0.15) is 11.2 Å². The van der Waals surface area contributed by atoms with Gasteiger partial charge in [-0.3, -0.25) is 0 Å². The second-order valence-electron chi connectivity index (χ2n) is 12.8. The van der Waals surface area contributed by atoms with E-state index in [1.54, 1.807) is 6.07 Å². The number of hydrogen-bond acceptors (Lipinski definition) is 6. The lowest BCUT2D eigenvalue weighted by atomic mass is 9.86. The molecule has 0 unspecified atom stereocenters. The maximum atomic E-state index is 10.8. The zero-order chi connectivity index (χ0) is 33.8. The first-order valence-corrected chi connectivity index (χ1v) is 16.2. The molecule has 0 fully saturated rings. The Labute approximate surface area is 283 Å². The van der Waals surface area contributed by atoms with Gasteiger partial charge in [-0.2, -0.15) is 0 Å². The van der Waals surface area contributed by atoms with Crippen LogP contribution in [-0.4, -0.2) is 25.5 Å². The summed E-state index contributed by atoms with van der Waals surface area (Å²) >= 11 is 0. The normalized spacial score (nSPS) is 12.0. The van der Waals surface area contributed by atoms with Gasteiger partial charge >= 0.3 is 0 Å². The molecule has 0 amide bonds. The van der Waals surface area contributed by atoms with Crippen LogP contribution < -0.4 is 0 Å². The second-order valence-corrected chi connectivity index (χ2v) is 12.8. The molecular weight excluding hydrogens is 624 g/mol. The van der Waals surface area contributed by atoms with Crippen molar-refractivity contribution in [2.75, 3.05) is 0 Å². The third-order valence-electron chi connectivity index (χ3n) is 10.2. The third-order valence-corrected chi connectivity index (χ3v) is 10.2. The number of phenolic OH excluding ortho intramolecular Hbond substituents is 5. The molecule has 1 aromatic heterocycles. The third kappa shape index (κ3) is 3.67. The van der Waals surface area contributed by atoms with Gasteiger partial charge in [0.25, 0.3) is 0 Å². The predicted octanol–water partition coefficient (Wildman–Crippen LogP) is 11.2. The average molecular weight is 651 g/mol. The molecule has 0 spiro atoms. The second kappa shape index (κ2) is 10.0. The minimum Gasteiger partial charge on any atom is -0.504 e. The Kier molecular flexibility index (Phi) is 5.65. The number of furan rings is 1. The van der Waals surface area contributed by atoms with Crippen LogP contribution in [0.2, 0.25) is 0 Å². The summed E-state index contributed by atoms with van der Waals surface area (Å²) in [5.74, 6) is -4.26. The lowest BCUT2D eigenvalue weighted by Crippen LogP contribution is -1.91. The van der Waals surface area contributed by atoms with Gasteiger partial charge in [0.05, 0.1) is 5.56 Å². The van der Waals surface area contributed by atoms with Crippen LogP contribution in [-0.2, 0) is 0 Å². The fraction of sp³-hybridized carbons (Fsp3) is 0. The molecule has 0 aliphatic carbocycles. The molecule has 238 valence electrons. The molecule has 0 bridgehead atoms. The molecule has 10 aromatic rings. The molecule has 0 saturated heterocycles. The van der Waals surface area contributed by atoms with E-state index in [0.717, 1.165) is 76.5 Å². The standard InChI is InChI=1S/C44H26O6/c45-39-38(40(46)42(48)43(49)41(39)47)31-21-17-24-15-19-29-27(18-14-23-16-20-30(31)36(24)35(23)29)28-10-5-13-34-37(28)33-12-4-11-32(44(33)50-34)26-9-3-7-22-6-1-2-8-25(22)26/h1-21,45-49H. The van der Waals surface area contributed by atoms with Crippen LogP contribution in [0.5, 0.6) is 28.7 Å². The first-order valence-electron chi connectivity index (χ1n) is 16.2. The summed E-state index contributed by atoms with van der Waals surface area (Å²) < 4.78 is 6.68. The highest BCUT2D eigenvalue weighted by atomic mass is 16.4. The highest BCUT2D eigenvalue weighted by molar-refractivity contribution is 6.29. The van der Waals surface area contributed by atoms with E-state index in [0.29, 0.717) is 10.9 Å². The summed E-state index contributed by atoms with van der Waals surface area (Å²) in [6.07, 6.45) is 0. The zero-order valence-corrected chi connectivity index (χ0v) is 26.3. The highest BCUT2D eigenvalue weighted by Gasteiger charge is 2.26. The summed E-state index contributed by atoms with van der Waals surface area (Å²) in [5.41, 5.74) is 6.02. The summed E-state index contributed by atoms with van der Waals surface area (Å²) in [6.45, 7) is 0. The van der Waals surface area contributed by atoms with Crippen LogP contribution in [0.1, 0.15) is 0 Å². The summed E-state index contributed by atoms with van der Waals surface area (Å²) in [5, 5.41) is 62.3. The smallest absolute Gasteiger partial charge is 0.208 e. The van der Waals surface area contributed by atoms with E-state index in [1.165, 1.54) is 5.39 Å². The van der Waals surface area contributed by atoms with Crippen molar-refractivity contribution in [1.82, 2.24) is 0 Å². The number of benzene rings is 9. The van der Waals surface area contributed by atoms with E-state index >= 15 is 0 Å². The summed E-state index contributed by atoms with van der Waals surface area (Å²) in [6, 6.07) is 43.1. The molecule has 0 saturated carbocycles. The maximum absolute atomic E-state index is 10.8. The maximum Gasteiger partial charge on any atom is 0.208 e. The van der Waals surface area contributed by atoms with Crippen molar-refractivity contribution in [1.29, 1.82) is 0 Å². The van der Waals surface area contributed by atoms with E-state index in [2.05, 4.69) is 84.9 Å². The first kappa shape index (κ1) is 28.1. The Hall–Kier alpha value is -6.92. The van der Waals surface area contributed by atoms with Crippen LogP contribution in [0.4, 0.5) is 0 Å². The van der Waals surface area contributed by atoms with Crippen LogP contribution in [0, 0.1) is 0 Å². The topological polar surface area (TPSA) is 114 Å². The lowest BCUT2D eigenvalue weighted by molar-refractivity contribution is 0.330. The molecule has 0 radical (unpaired) electrons. The fourth-order valence-corrected chi connectivity index (χ4v) is 7.94. The van der Waals surface area contributed by atoms with Crippen molar-refractivity contribution in [2.45, 2.75) is 0 Å². The Morgan fingerprint density at radius 2 is 0.840 bits per heavy atom. The van der Waals surface area contributed by atoms with Gasteiger partial charge in [-0.05, 0) is 71.4 Å². The molecular formula is C44H26O6. The number of para-hydroxylation sites is 1. The number of aromatic hydroxyl groups is 5. The minimum atomic E-state index is -0.990. The van der Waals surface area contributed by atoms with Crippen molar-refractivity contribution >= 4 is 65.0 Å². The molecule has 6 heteroatoms. The number of fused-ring (bicyclic) bond motifs is 4. The van der Waals surface area contributed by atoms with Crippen molar-refractivity contribution < 1.29 is 29.9 Å². The van der Waals surface area contributed by atoms with Crippen molar-refractivity contribution in [3.63, 3.8) is 0 Å². The van der Waals surface area contributed by atoms with E-state index in [1.807, 2.05) is 36.4 Å². The van der Waals surface area contributed by atoms with Gasteiger partial charge in [-0.25, -0.2) is 0 Å². The quantitative estimate of drug-likeness (QED) is 0.0738. The van der Waals surface area contributed by atoms with Crippen LogP contribution in [0.3, 0.4) is 0 Å². The van der Waals surface area contributed by atoms with Crippen molar-refractivity contribution in [3.05, 3.63) is 127 Å². The van der Waals surface area contributed by atoms with Gasteiger partial charge in [-0.1, -0.05) is 121 Å². The lowest BCUT2D eigenvalue weighted by Gasteiger charge is -2.18. The van der Waals surface area contributed by atoms with Gasteiger partial charge in [0, 0.05) is 16.3 Å². The number of phenols is 5. The van der Waals surface area contributed by atoms with E-state index in [9.17, 15) is 25.5 Å². The molecule has 1 heterocycles. The molecule has 0 aliphatic rings. The average Bonchev–Trinajstić information content (AvgIpc) is 3.55. The molecule has 0 atom stereocenters. The van der Waals surface area contributed by atoms with Crippen molar-refractivity contribution in [3.8, 4) is 62.1 Å². The van der Waals surface area contributed by atoms with Gasteiger partial charge in [0.15, 0.2) is 11.5 Å². The van der Waals surface area contributed by atoms with Gasteiger partial charge in [0.2, 0.25) is 17.2 Å². The monoisotopic (exact) mass is 650 g/mol.